The molecule has 6 heteroatoms. The summed E-state index contributed by atoms with van der Waals surface area (Å²) in [7, 11) is 0. The lowest BCUT2D eigenvalue weighted by molar-refractivity contribution is 0.0697. The third-order valence-electron chi connectivity index (χ3n) is 3.51. The fraction of sp³-hybridized carbons (Fsp3) is 0.611. The van der Waals surface area contributed by atoms with Gasteiger partial charge in [0.15, 0.2) is 0 Å². The third-order valence-corrected chi connectivity index (χ3v) is 3.51. The minimum Gasteiger partial charge on any atom is -0.491 e. The molecular formula is C18H28O6. The maximum absolute atomic E-state index is 10.5. The van der Waals surface area contributed by atoms with Gasteiger partial charge in [-0.25, -0.2) is 4.79 Å². The van der Waals surface area contributed by atoms with E-state index in [-0.39, 0.29) is 11.7 Å². The molecule has 6 nitrogen and oxygen atoms in total. The van der Waals surface area contributed by atoms with Crippen molar-refractivity contribution in [3.8, 4) is 5.75 Å². The van der Waals surface area contributed by atoms with Gasteiger partial charge in [0.05, 0.1) is 12.2 Å². The molecule has 136 valence electrons. The fourth-order valence-corrected chi connectivity index (χ4v) is 1.98. The summed E-state index contributed by atoms with van der Waals surface area (Å²) < 4.78 is 10.3. The van der Waals surface area contributed by atoms with Gasteiger partial charge >= 0.3 is 5.97 Å². The molecule has 1 unspecified atom stereocenters. The Morgan fingerprint density at radius 3 is 1.92 bits per heavy atom. The van der Waals surface area contributed by atoms with E-state index in [1.807, 2.05) is 0 Å². The molecule has 1 heterocycles. The molecule has 3 N–H and O–H groups in total. The van der Waals surface area contributed by atoms with Crippen molar-refractivity contribution in [1.29, 1.82) is 0 Å². The average molecular weight is 340 g/mol. The van der Waals surface area contributed by atoms with Gasteiger partial charge in [0.2, 0.25) is 0 Å². The highest BCUT2D eigenvalue weighted by Crippen LogP contribution is 2.15. The largest absolute Gasteiger partial charge is 0.491 e. The number of aromatic carboxylic acids is 1. The van der Waals surface area contributed by atoms with E-state index < -0.39 is 5.97 Å². The number of epoxide rings is 1. The molecule has 0 saturated carbocycles. The highest BCUT2D eigenvalue weighted by Gasteiger charge is 2.22. The quantitative estimate of drug-likeness (QED) is 0.423. The standard InChI is InChI=1S/C10H10O4.C8H18O2/c11-10(12)7-1-3-8(4-2-7)13-5-9-6-14-9;9-7-5-3-1-2-4-6-8-10/h1-4,9H,5-6H2,(H,11,12);9-10H,1-8H2. The van der Waals surface area contributed by atoms with Crippen LogP contribution in [0.3, 0.4) is 0 Å². The minimum absolute atomic E-state index is 0.217. The monoisotopic (exact) mass is 340 g/mol. The smallest absolute Gasteiger partial charge is 0.335 e. The van der Waals surface area contributed by atoms with E-state index in [1.54, 1.807) is 12.1 Å². The Kier molecular flexibility index (Phi) is 10.8. The van der Waals surface area contributed by atoms with Crippen molar-refractivity contribution in [2.75, 3.05) is 26.4 Å². The van der Waals surface area contributed by atoms with Crippen molar-refractivity contribution >= 4 is 5.97 Å². The molecule has 1 aromatic rings. The van der Waals surface area contributed by atoms with Gasteiger partial charge in [0.1, 0.15) is 18.5 Å². The highest BCUT2D eigenvalue weighted by molar-refractivity contribution is 5.87. The predicted molar refractivity (Wildman–Crippen MR) is 90.5 cm³/mol. The number of benzene rings is 1. The average Bonchev–Trinajstić information content (AvgIpc) is 3.41. The molecule has 0 aliphatic carbocycles. The number of hydrogen-bond acceptors (Lipinski definition) is 5. The van der Waals surface area contributed by atoms with Crippen molar-refractivity contribution in [1.82, 2.24) is 0 Å². The molecule has 0 radical (unpaired) electrons. The first-order valence-corrected chi connectivity index (χ1v) is 8.47. The van der Waals surface area contributed by atoms with E-state index in [0.29, 0.717) is 25.6 Å². The van der Waals surface area contributed by atoms with Crippen LogP contribution in [0.1, 0.15) is 48.9 Å². The molecule has 0 aromatic heterocycles. The van der Waals surface area contributed by atoms with Gasteiger partial charge in [-0.1, -0.05) is 25.7 Å². The number of carboxylic acid groups (broad SMARTS) is 1. The molecule has 1 aliphatic heterocycles. The van der Waals surface area contributed by atoms with Crippen LogP contribution in [0, 0.1) is 0 Å². The predicted octanol–water partition coefficient (Wildman–Crippen LogP) is 2.47. The van der Waals surface area contributed by atoms with Crippen molar-refractivity contribution in [3.63, 3.8) is 0 Å². The lowest BCUT2D eigenvalue weighted by Gasteiger charge is -2.03. The van der Waals surface area contributed by atoms with Crippen LogP contribution in [0.2, 0.25) is 0 Å². The van der Waals surface area contributed by atoms with Crippen LogP contribution in [-0.4, -0.2) is 53.8 Å². The third kappa shape index (κ3) is 10.2. The Hall–Kier alpha value is -1.63. The van der Waals surface area contributed by atoms with E-state index in [2.05, 4.69) is 0 Å². The fourth-order valence-electron chi connectivity index (χ4n) is 1.98. The molecule has 24 heavy (non-hydrogen) atoms. The number of ether oxygens (including phenoxy) is 2. The molecule has 1 saturated heterocycles. The van der Waals surface area contributed by atoms with E-state index in [1.165, 1.54) is 25.0 Å². The summed E-state index contributed by atoms with van der Waals surface area (Å²) in [6, 6.07) is 6.33. The number of carboxylic acids is 1. The van der Waals surface area contributed by atoms with Crippen LogP contribution >= 0.6 is 0 Å². The second-order valence-electron chi connectivity index (χ2n) is 5.66. The van der Waals surface area contributed by atoms with Gasteiger partial charge in [-0.05, 0) is 37.1 Å². The number of aliphatic hydroxyl groups is 2. The molecule has 0 amide bonds. The lowest BCUT2D eigenvalue weighted by atomic mass is 10.1. The number of rotatable bonds is 11. The normalized spacial score (nSPS) is 15.3. The Bertz CT molecular complexity index is 433. The topological polar surface area (TPSA) is 99.5 Å². The highest BCUT2D eigenvalue weighted by atomic mass is 16.6. The van der Waals surface area contributed by atoms with Gasteiger partial charge in [-0.2, -0.15) is 0 Å². The minimum atomic E-state index is -0.929. The van der Waals surface area contributed by atoms with Crippen molar-refractivity contribution in [2.24, 2.45) is 0 Å². The Morgan fingerprint density at radius 1 is 1.00 bits per heavy atom. The number of hydrogen-bond donors (Lipinski definition) is 3. The van der Waals surface area contributed by atoms with Gasteiger partial charge in [0, 0.05) is 13.2 Å². The molecule has 0 bridgehead atoms. The Labute approximate surface area is 143 Å². The van der Waals surface area contributed by atoms with Crippen LogP contribution in [0.15, 0.2) is 24.3 Å². The maximum atomic E-state index is 10.5. The maximum Gasteiger partial charge on any atom is 0.335 e. The second-order valence-corrected chi connectivity index (χ2v) is 5.66. The summed E-state index contributed by atoms with van der Waals surface area (Å²) in [4.78, 5) is 10.5. The summed E-state index contributed by atoms with van der Waals surface area (Å²) in [6.45, 7) is 1.93. The number of aliphatic hydroxyl groups excluding tert-OH is 2. The van der Waals surface area contributed by atoms with Crippen LogP contribution in [-0.2, 0) is 4.74 Å². The molecule has 1 aromatic carbocycles. The van der Waals surface area contributed by atoms with Crippen molar-refractivity contribution in [3.05, 3.63) is 29.8 Å². The van der Waals surface area contributed by atoms with Crippen LogP contribution in [0.5, 0.6) is 5.75 Å². The van der Waals surface area contributed by atoms with Crippen LogP contribution in [0.4, 0.5) is 0 Å². The summed E-state index contributed by atoms with van der Waals surface area (Å²) in [5, 5.41) is 25.5. The Morgan fingerprint density at radius 2 is 1.50 bits per heavy atom. The summed E-state index contributed by atoms with van der Waals surface area (Å²) in [5.41, 5.74) is 0.264. The SMILES string of the molecule is O=C(O)c1ccc(OCC2CO2)cc1.OCCCCCCCCO. The van der Waals surface area contributed by atoms with Crippen molar-refractivity contribution < 1.29 is 29.6 Å². The molecule has 0 spiro atoms. The first-order chi connectivity index (χ1) is 11.7. The molecule has 1 fully saturated rings. The summed E-state index contributed by atoms with van der Waals surface area (Å²) in [5.74, 6) is -0.257. The molecule has 1 aliphatic rings. The van der Waals surface area contributed by atoms with Gasteiger partial charge in [-0.15, -0.1) is 0 Å². The Balaban J connectivity index is 0.000000257. The van der Waals surface area contributed by atoms with Gasteiger partial charge < -0.3 is 24.8 Å². The number of unbranched alkanes of at least 4 members (excludes halogenated alkanes) is 5. The summed E-state index contributed by atoms with van der Waals surface area (Å²) in [6.07, 6.45) is 6.72. The molecule has 1 atom stereocenters. The van der Waals surface area contributed by atoms with Crippen LogP contribution in [0.25, 0.3) is 0 Å². The summed E-state index contributed by atoms with van der Waals surface area (Å²) >= 11 is 0. The second kappa shape index (κ2) is 12.8. The van der Waals surface area contributed by atoms with Gasteiger partial charge in [0.25, 0.3) is 0 Å². The number of carbonyl (C=O) groups is 1. The first kappa shape index (κ1) is 20.4. The zero-order valence-corrected chi connectivity index (χ0v) is 14.0. The van der Waals surface area contributed by atoms with Crippen molar-refractivity contribution in [2.45, 2.75) is 44.6 Å². The first-order valence-electron chi connectivity index (χ1n) is 8.47. The van der Waals surface area contributed by atoms with Crippen LogP contribution < -0.4 is 4.74 Å². The van der Waals surface area contributed by atoms with E-state index >= 15 is 0 Å². The zero-order valence-electron chi connectivity index (χ0n) is 14.0. The van der Waals surface area contributed by atoms with Gasteiger partial charge in [-0.3, -0.25) is 0 Å². The molecule has 2 rings (SSSR count). The molecular weight excluding hydrogens is 312 g/mol. The van der Waals surface area contributed by atoms with E-state index in [4.69, 9.17) is 24.8 Å². The van der Waals surface area contributed by atoms with E-state index in [0.717, 1.165) is 32.3 Å². The lowest BCUT2D eigenvalue weighted by Crippen LogP contribution is -2.04. The van der Waals surface area contributed by atoms with E-state index in [9.17, 15) is 4.79 Å². The zero-order chi connectivity index (χ0) is 17.6.